The van der Waals surface area contributed by atoms with Crippen LogP contribution in [0, 0.1) is 0 Å². The molecule has 0 aliphatic carbocycles. The Labute approximate surface area is 118 Å². The van der Waals surface area contributed by atoms with Gasteiger partial charge in [0.15, 0.2) is 0 Å². The maximum atomic E-state index is 11.6. The summed E-state index contributed by atoms with van der Waals surface area (Å²) in [5.41, 5.74) is 0.673. The number of aliphatic carboxylic acids is 1. The summed E-state index contributed by atoms with van der Waals surface area (Å²) >= 11 is 0. The molecule has 6 nitrogen and oxygen atoms in total. The highest BCUT2D eigenvalue weighted by Crippen LogP contribution is 2.18. The normalized spacial score (nSPS) is 10.5. The predicted molar refractivity (Wildman–Crippen MR) is 77.5 cm³/mol. The Morgan fingerprint density at radius 2 is 2.25 bits per heavy atom. The summed E-state index contributed by atoms with van der Waals surface area (Å²) in [7, 11) is 1.58. The molecular weight excluding hydrogens is 258 g/mol. The zero-order valence-corrected chi connectivity index (χ0v) is 11.7. The molecule has 20 heavy (non-hydrogen) atoms. The molecule has 1 aromatic rings. The van der Waals surface area contributed by atoms with Gasteiger partial charge in [0.1, 0.15) is 5.82 Å². The first kappa shape index (κ1) is 15.7. The molecule has 0 aliphatic heterocycles. The molecule has 0 bridgehead atoms. The van der Waals surface area contributed by atoms with Crippen LogP contribution < -0.4 is 10.2 Å². The number of rotatable bonds is 7. The van der Waals surface area contributed by atoms with E-state index >= 15 is 0 Å². The standard InChI is InChI=1S/C14H19N3O3/c1-3-9-17(10-12(18)15-2)14-11(5-4-8-16-14)6-7-13(19)20/h4-8H,3,9-10H2,1-2H3,(H,15,18)(H,19,20)/b7-6+. The van der Waals surface area contributed by atoms with Gasteiger partial charge in [-0.1, -0.05) is 6.92 Å². The molecule has 1 heterocycles. The van der Waals surface area contributed by atoms with Crippen LogP contribution >= 0.6 is 0 Å². The monoisotopic (exact) mass is 277 g/mol. The minimum atomic E-state index is -1.02. The molecule has 2 N–H and O–H groups in total. The van der Waals surface area contributed by atoms with Gasteiger partial charge in [0.2, 0.25) is 5.91 Å². The number of carboxylic acids is 1. The van der Waals surface area contributed by atoms with Gasteiger partial charge in [-0.25, -0.2) is 9.78 Å². The van der Waals surface area contributed by atoms with Gasteiger partial charge in [0.25, 0.3) is 0 Å². The SMILES string of the molecule is CCCN(CC(=O)NC)c1ncccc1/C=C/C(=O)O. The smallest absolute Gasteiger partial charge is 0.328 e. The summed E-state index contributed by atoms with van der Waals surface area (Å²) in [4.78, 5) is 28.3. The van der Waals surface area contributed by atoms with Crippen molar-refractivity contribution in [1.29, 1.82) is 0 Å². The highest BCUT2D eigenvalue weighted by Gasteiger charge is 2.13. The van der Waals surface area contributed by atoms with Crippen molar-refractivity contribution in [2.45, 2.75) is 13.3 Å². The van der Waals surface area contributed by atoms with Crippen LogP contribution in [0.25, 0.3) is 6.08 Å². The van der Waals surface area contributed by atoms with E-state index in [9.17, 15) is 9.59 Å². The summed E-state index contributed by atoms with van der Waals surface area (Å²) in [5, 5.41) is 11.3. The second kappa shape index (κ2) is 7.93. The summed E-state index contributed by atoms with van der Waals surface area (Å²) in [6.45, 7) is 2.86. The summed E-state index contributed by atoms with van der Waals surface area (Å²) < 4.78 is 0. The van der Waals surface area contributed by atoms with E-state index in [4.69, 9.17) is 5.11 Å². The first-order valence-electron chi connectivity index (χ1n) is 6.40. The number of carboxylic acid groups (broad SMARTS) is 1. The lowest BCUT2D eigenvalue weighted by molar-refractivity contribution is -0.131. The summed E-state index contributed by atoms with van der Waals surface area (Å²) in [6, 6.07) is 3.50. The molecule has 0 spiro atoms. The number of anilines is 1. The van der Waals surface area contributed by atoms with E-state index in [2.05, 4.69) is 10.3 Å². The van der Waals surface area contributed by atoms with E-state index in [0.29, 0.717) is 17.9 Å². The Morgan fingerprint density at radius 3 is 2.85 bits per heavy atom. The van der Waals surface area contributed by atoms with Crippen LogP contribution in [-0.2, 0) is 9.59 Å². The van der Waals surface area contributed by atoms with E-state index in [1.807, 2.05) is 11.8 Å². The van der Waals surface area contributed by atoms with Gasteiger partial charge in [-0.3, -0.25) is 4.79 Å². The fourth-order valence-corrected chi connectivity index (χ4v) is 1.75. The van der Waals surface area contributed by atoms with Crippen molar-refractivity contribution >= 4 is 23.8 Å². The van der Waals surface area contributed by atoms with E-state index in [1.165, 1.54) is 6.08 Å². The number of likely N-dealkylation sites (N-methyl/N-ethyl adjacent to an activating group) is 1. The topological polar surface area (TPSA) is 82.5 Å². The quantitative estimate of drug-likeness (QED) is 0.730. The van der Waals surface area contributed by atoms with Crippen LogP contribution in [-0.4, -0.2) is 42.1 Å². The summed E-state index contributed by atoms with van der Waals surface area (Å²) in [6.07, 6.45) is 5.03. The Bertz CT molecular complexity index is 500. The maximum absolute atomic E-state index is 11.6. The molecule has 1 rings (SSSR count). The molecule has 0 saturated heterocycles. The zero-order valence-electron chi connectivity index (χ0n) is 11.7. The van der Waals surface area contributed by atoms with Gasteiger partial charge >= 0.3 is 5.97 Å². The fraction of sp³-hybridized carbons (Fsp3) is 0.357. The largest absolute Gasteiger partial charge is 0.478 e. The van der Waals surface area contributed by atoms with Crippen molar-refractivity contribution in [1.82, 2.24) is 10.3 Å². The van der Waals surface area contributed by atoms with Crippen LogP contribution in [0.3, 0.4) is 0 Å². The van der Waals surface area contributed by atoms with Crippen LogP contribution in [0.4, 0.5) is 5.82 Å². The van der Waals surface area contributed by atoms with Gasteiger partial charge in [-0.2, -0.15) is 0 Å². The van der Waals surface area contributed by atoms with Gasteiger partial charge in [-0.15, -0.1) is 0 Å². The molecule has 108 valence electrons. The van der Waals surface area contributed by atoms with Gasteiger partial charge in [0, 0.05) is 31.4 Å². The Morgan fingerprint density at radius 1 is 1.50 bits per heavy atom. The Kier molecular flexibility index (Phi) is 6.22. The lowest BCUT2D eigenvalue weighted by Gasteiger charge is -2.23. The lowest BCUT2D eigenvalue weighted by Crippen LogP contribution is -2.37. The third-order valence-electron chi connectivity index (χ3n) is 2.63. The van der Waals surface area contributed by atoms with Crippen molar-refractivity contribution in [3.05, 3.63) is 30.0 Å². The second-order valence-corrected chi connectivity index (χ2v) is 4.18. The number of pyridine rings is 1. The second-order valence-electron chi connectivity index (χ2n) is 4.18. The minimum Gasteiger partial charge on any atom is -0.478 e. The molecule has 0 saturated carbocycles. The highest BCUT2D eigenvalue weighted by molar-refractivity contribution is 5.87. The van der Waals surface area contributed by atoms with Crippen LogP contribution in [0.15, 0.2) is 24.4 Å². The number of nitrogens with one attached hydrogen (secondary N) is 1. The first-order chi connectivity index (χ1) is 9.58. The summed E-state index contributed by atoms with van der Waals surface area (Å²) in [5.74, 6) is -0.527. The van der Waals surface area contributed by atoms with E-state index in [1.54, 1.807) is 25.4 Å². The van der Waals surface area contributed by atoms with Crippen LogP contribution in [0.5, 0.6) is 0 Å². The average Bonchev–Trinajstić information content (AvgIpc) is 2.44. The number of carbonyl (C=O) groups excluding carboxylic acids is 1. The maximum Gasteiger partial charge on any atom is 0.328 e. The van der Waals surface area contributed by atoms with E-state index in [-0.39, 0.29) is 12.5 Å². The fourth-order valence-electron chi connectivity index (χ4n) is 1.75. The molecule has 6 heteroatoms. The number of aromatic nitrogens is 1. The molecule has 0 fully saturated rings. The molecule has 1 aromatic heterocycles. The van der Waals surface area contributed by atoms with Crippen molar-refractivity contribution in [3.8, 4) is 0 Å². The molecule has 0 unspecified atom stereocenters. The molecule has 0 radical (unpaired) electrons. The van der Waals surface area contributed by atoms with Crippen molar-refractivity contribution in [2.75, 3.05) is 25.0 Å². The molecule has 0 aromatic carbocycles. The van der Waals surface area contributed by atoms with Gasteiger partial charge < -0.3 is 15.3 Å². The molecule has 0 aliphatic rings. The van der Waals surface area contributed by atoms with Crippen molar-refractivity contribution in [2.24, 2.45) is 0 Å². The average molecular weight is 277 g/mol. The highest BCUT2D eigenvalue weighted by atomic mass is 16.4. The number of hydrogen-bond donors (Lipinski definition) is 2. The number of nitrogens with zero attached hydrogens (tertiary/aromatic N) is 2. The predicted octanol–water partition coefficient (Wildman–Crippen LogP) is 1.14. The van der Waals surface area contributed by atoms with Crippen LogP contribution in [0.2, 0.25) is 0 Å². The molecular formula is C14H19N3O3. The first-order valence-corrected chi connectivity index (χ1v) is 6.40. The number of carbonyl (C=O) groups is 2. The minimum absolute atomic E-state index is 0.114. The van der Waals surface area contributed by atoms with Crippen LogP contribution in [0.1, 0.15) is 18.9 Å². The van der Waals surface area contributed by atoms with Crippen molar-refractivity contribution in [3.63, 3.8) is 0 Å². The molecule has 0 atom stereocenters. The third kappa shape index (κ3) is 4.72. The van der Waals surface area contributed by atoms with Gasteiger partial charge in [-0.05, 0) is 24.6 Å². The van der Waals surface area contributed by atoms with E-state index in [0.717, 1.165) is 12.5 Å². The number of amides is 1. The van der Waals surface area contributed by atoms with Crippen molar-refractivity contribution < 1.29 is 14.7 Å². The van der Waals surface area contributed by atoms with Gasteiger partial charge in [0.05, 0.1) is 6.54 Å². The Hall–Kier alpha value is -2.37. The van der Waals surface area contributed by atoms with E-state index < -0.39 is 5.97 Å². The lowest BCUT2D eigenvalue weighted by atomic mass is 10.2. The zero-order chi connectivity index (χ0) is 15.0. The number of hydrogen-bond acceptors (Lipinski definition) is 4. The molecule has 1 amide bonds. The Balaban J connectivity index is 3.05. The third-order valence-corrected chi connectivity index (χ3v) is 2.63.